The summed E-state index contributed by atoms with van der Waals surface area (Å²) in [7, 11) is 0. The average Bonchev–Trinajstić information content (AvgIpc) is 2.58. The minimum atomic E-state index is 0. The Bertz CT molecular complexity index is 318. The molecule has 5 heteroatoms. The quantitative estimate of drug-likeness (QED) is 0.496. The molecule has 0 atom stereocenters. The summed E-state index contributed by atoms with van der Waals surface area (Å²) in [5.41, 5.74) is 0.973. The number of hydrogen-bond acceptors (Lipinski definition) is 3. The number of aromatic amines is 1. The molecule has 0 radical (unpaired) electrons. The number of nitrogens with zero attached hydrogens (tertiary/aromatic N) is 3. The van der Waals surface area contributed by atoms with Crippen LogP contribution < -0.4 is 29.6 Å². The van der Waals surface area contributed by atoms with Gasteiger partial charge in [-0.3, -0.25) is 0 Å². The van der Waals surface area contributed by atoms with Gasteiger partial charge < -0.3 is 0 Å². The van der Waals surface area contributed by atoms with E-state index in [2.05, 4.69) is 20.6 Å². The minimum absolute atomic E-state index is 0. The second-order valence-corrected chi connectivity index (χ2v) is 2.10. The maximum absolute atomic E-state index is 3.84. The second-order valence-electron chi connectivity index (χ2n) is 2.10. The smallest absolute Gasteiger partial charge is 0.177 e. The van der Waals surface area contributed by atoms with Crippen molar-refractivity contribution >= 4 is 0 Å². The third-order valence-corrected chi connectivity index (χ3v) is 1.38. The molecule has 0 aliphatic carbocycles. The summed E-state index contributed by atoms with van der Waals surface area (Å²) in [6.45, 7) is 0. The van der Waals surface area contributed by atoms with Crippen molar-refractivity contribution < 1.29 is 29.6 Å². The first-order valence-corrected chi connectivity index (χ1v) is 3.26. The Hall–Kier alpha value is -0.710. The van der Waals surface area contributed by atoms with Crippen molar-refractivity contribution in [3.05, 3.63) is 30.3 Å². The number of aromatic nitrogens is 4. The summed E-state index contributed by atoms with van der Waals surface area (Å²) < 4.78 is 0. The zero-order valence-corrected chi connectivity index (χ0v) is 8.73. The van der Waals surface area contributed by atoms with E-state index in [0.717, 1.165) is 5.56 Å². The molecule has 0 aliphatic heterocycles. The van der Waals surface area contributed by atoms with Gasteiger partial charge in [0.15, 0.2) is 0 Å². The maximum Gasteiger partial charge on any atom is 1.00 e. The van der Waals surface area contributed by atoms with E-state index in [1.807, 2.05) is 30.3 Å². The van der Waals surface area contributed by atoms with E-state index in [1.165, 1.54) is 0 Å². The Balaban J connectivity index is 0.000000720. The predicted molar refractivity (Wildman–Crippen MR) is 39.6 cm³/mol. The SMILES string of the molecule is [Na+].c1ccc(-c2nn[nH]n2)cc1. The fourth-order valence-electron chi connectivity index (χ4n) is 0.871. The van der Waals surface area contributed by atoms with Gasteiger partial charge in [0, 0.05) is 5.56 Å². The van der Waals surface area contributed by atoms with Crippen LogP contribution in [0.1, 0.15) is 0 Å². The Labute approximate surface area is 91.7 Å². The van der Waals surface area contributed by atoms with Gasteiger partial charge >= 0.3 is 29.6 Å². The van der Waals surface area contributed by atoms with E-state index in [1.54, 1.807) is 0 Å². The number of H-pyrrole nitrogens is 1. The standard InChI is InChI=1S/C7H6N4.Na/c1-2-4-6(5-3-1)7-8-10-11-9-7;/h1-5H,(H,8,9,10,11);/q;+1. The van der Waals surface area contributed by atoms with Gasteiger partial charge in [-0.15, -0.1) is 10.2 Å². The zero-order valence-electron chi connectivity index (χ0n) is 6.73. The molecule has 2 rings (SSSR count). The van der Waals surface area contributed by atoms with Crippen molar-refractivity contribution in [2.45, 2.75) is 0 Å². The summed E-state index contributed by atoms with van der Waals surface area (Å²) in [4.78, 5) is 0. The van der Waals surface area contributed by atoms with E-state index in [9.17, 15) is 0 Å². The van der Waals surface area contributed by atoms with E-state index < -0.39 is 0 Å². The van der Waals surface area contributed by atoms with Gasteiger partial charge in [0.2, 0.25) is 5.82 Å². The van der Waals surface area contributed by atoms with Crippen LogP contribution in [0.15, 0.2) is 30.3 Å². The summed E-state index contributed by atoms with van der Waals surface area (Å²) in [6.07, 6.45) is 0. The van der Waals surface area contributed by atoms with Crippen LogP contribution in [0.3, 0.4) is 0 Å². The number of hydrogen-bond donors (Lipinski definition) is 1. The first kappa shape index (κ1) is 9.38. The van der Waals surface area contributed by atoms with Crippen LogP contribution in [0.2, 0.25) is 0 Å². The number of benzene rings is 1. The van der Waals surface area contributed by atoms with Gasteiger partial charge in [-0.1, -0.05) is 30.3 Å². The van der Waals surface area contributed by atoms with Crippen molar-refractivity contribution in [2.75, 3.05) is 0 Å². The summed E-state index contributed by atoms with van der Waals surface area (Å²) in [6, 6.07) is 9.69. The number of tetrazole rings is 1. The normalized spacial score (nSPS) is 9.00. The Kier molecular flexibility index (Phi) is 3.40. The summed E-state index contributed by atoms with van der Waals surface area (Å²) in [5.74, 6) is 0.630. The fraction of sp³-hybridized carbons (Fsp3) is 0. The molecule has 0 fully saturated rings. The zero-order chi connectivity index (χ0) is 7.52. The Morgan fingerprint density at radius 3 is 2.42 bits per heavy atom. The van der Waals surface area contributed by atoms with E-state index in [0.29, 0.717) is 5.82 Å². The molecule has 12 heavy (non-hydrogen) atoms. The van der Waals surface area contributed by atoms with Gasteiger partial charge in [-0.25, -0.2) is 0 Å². The molecule has 4 nitrogen and oxygen atoms in total. The molecule has 0 saturated carbocycles. The molecular formula is C7H6N4Na+. The molecule has 0 aliphatic rings. The van der Waals surface area contributed by atoms with E-state index in [-0.39, 0.29) is 29.6 Å². The molecule has 1 N–H and O–H groups in total. The Morgan fingerprint density at radius 2 is 1.83 bits per heavy atom. The van der Waals surface area contributed by atoms with Crippen LogP contribution in [0.5, 0.6) is 0 Å². The van der Waals surface area contributed by atoms with Crippen LogP contribution in [0.4, 0.5) is 0 Å². The molecule has 2 aromatic rings. The molecule has 0 amide bonds. The molecule has 0 unspecified atom stereocenters. The maximum atomic E-state index is 3.84. The third kappa shape index (κ3) is 1.91. The van der Waals surface area contributed by atoms with E-state index in [4.69, 9.17) is 0 Å². The average molecular weight is 169 g/mol. The van der Waals surface area contributed by atoms with Gasteiger partial charge in [-0.05, 0) is 5.21 Å². The van der Waals surface area contributed by atoms with Crippen LogP contribution in [0.25, 0.3) is 11.4 Å². The molecule has 0 bridgehead atoms. The van der Waals surface area contributed by atoms with Crippen LogP contribution in [0, 0.1) is 0 Å². The van der Waals surface area contributed by atoms with Crippen molar-refractivity contribution in [2.24, 2.45) is 0 Å². The summed E-state index contributed by atoms with van der Waals surface area (Å²) >= 11 is 0. The fourth-order valence-corrected chi connectivity index (χ4v) is 0.871. The van der Waals surface area contributed by atoms with Crippen LogP contribution >= 0.6 is 0 Å². The topological polar surface area (TPSA) is 54.5 Å². The van der Waals surface area contributed by atoms with Crippen molar-refractivity contribution in [3.63, 3.8) is 0 Å². The van der Waals surface area contributed by atoms with E-state index >= 15 is 0 Å². The van der Waals surface area contributed by atoms with Gasteiger partial charge in [0.1, 0.15) is 0 Å². The molecule has 1 aromatic heterocycles. The predicted octanol–water partition coefficient (Wildman–Crippen LogP) is -2.13. The molecule has 54 valence electrons. The molecule has 1 aromatic carbocycles. The first-order chi connectivity index (χ1) is 5.47. The van der Waals surface area contributed by atoms with Crippen molar-refractivity contribution in [3.8, 4) is 11.4 Å². The summed E-state index contributed by atoms with van der Waals surface area (Å²) in [5, 5.41) is 13.5. The monoisotopic (exact) mass is 169 g/mol. The molecular weight excluding hydrogens is 163 g/mol. The van der Waals surface area contributed by atoms with Gasteiger partial charge in [-0.2, -0.15) is 5.21 Å². The van der Waals surface area contributed by atoms with Crippen LogP contribution in [-0.4, -0.2) is 20.6 Å². The first-order valence-electron chi connectivity index (χ1n) is 3.26. The van der Waals surface area contributed by atoms with Gasteiger partial charge in [0.05, 0.1) is 0 Å². The minimum Gasteiger partial charge on any atom is -0.177 e. The molecule has 0 spiro atoms. The molecule has 0 saturated heterocycles. The number of nitrogens with one attached hydrogen (secondary N) is 1. The Morgan fingerprint density at radius 1 is 1.08 bits per heavy atom. The van der Waals surface area contributed by atoms with Gasteiger partial charge in [0.25, 0.3) is 0 Å². The second kappa shape index (κ2) is 4.35. The van der Waals surface area contributed by atoms with Crippen LogP contribution in [-0.2, 0) is 0 Å². The van der Waals surface area contributed by atoms with Crippen molar-refractivity contribution in [1.29, 1.82) is 0 Å². The largest absolute Gasteiger partial charge is 1.00 e. The molecule has 1 heterocycles. The third-order valence-electron chi connectivity index (χ3n) is 1.38. The number of rotatable bonds is 1. The van der Waals surface area contributed by atoms with Crippen molar-refractivity contribution in [1.82, 2.24) is 20.6 Å².